The molecule has 3 saturated heterocycles. The van der Waals surface area contributed by atoms with Gasteiger partial charge in [0, 0.05) is 132 Å². The van der Waals surface area contributed by atoms with Crippen LogP contribution >= 0.6 is 12.4 Å². The summed E-state index contributed by atoms with van der Waals surface area (Å²) in [5.41, 5.74) is 4.37. The molecule has 0 bridgehead atoms. The van der Waals surface area contributed by atoms with Crippen molar-refractivity contribution in [1.82, 2.24) is 59.7 Å². The number of nitrogens with one attached hydrogen (secondary N) is 1. The lowest BCUT2D eigenvalue weighted by atomic mass is 9.94. The van der Waals surface area contributed by atoms with Crippen molar-refractivity contribution in [2.24, 2.45) is 0 Å². The lowest BCUT2D eigenvalue weighted by Gasteiger charge is -2.35. The number of piperazine rings is 3. The molecule has 6 aromatic heterocycles. The number of imide groups is 3. The summed E-state index contributed by atoms with van der Waals surface area (Å²) < 4.78 is 54.1. The molecule has 10 aromatic carbocycles. The number of hydrogen-bond acceptors (Lipinski definition) is 22. The van der Waals surface area contributed by atoms with Crippen LogP contribution in [-0.2, 0) is 19.6 Å². The number of aromatic nitrogens is 6. The van der Waals surface area contributed by atoms with Crippen molar-refractivity contribution in [3.8, 4) is 17.2 Å². The SMILES string of the molecule is Cl.O=C(O)c1c2c(c(OC(c3ccccc3)c3ccccc3)c3ncccc13)C(=O)N(Cc1ccc(F)cc1)C2=O.O=C(c1c2c(c(O)c3ncccc13)C(=O)N(Cc1ccc(F)cc1)C2=O)N1CCN(c2ccccn2)CC1.O=C(c1c2c(c(OC(c3ccccc3)c3ccccc3)c3ncccc13)C(=O)N(Cc1ccc(F)cc1)C2=O)N1CCN(c2ccccn2)CC1.c1ccc(N2CCNCC2)nc1. The number of carbonyl (C=O) groups excluding carboxylic acids is 8. The zero-order valence-electron chi connectivity index (χ0n) is 76.0. The molecule has 3 N–H and O–H groups in total. The van der Waals surface area contributed by atoms with Crippen molar-refractivity contribution < 1.29 is 76.0 Å². The predicted molar refractivity (Wildman–Crippen MR) is 528 cm³/mol. The molecule has 28 nitrogen and oxygen atoms in total. The topological polar surface area (TPSA) is 328 Å². The molecule has 0 aliphatic carbocycles. The van der Waals surface area contributed by atoms with Crippen LogP contribution in [0, 0.1) is 17.5 Å². The highest BCUT2D eigenvalue weighted by molar-refractivity contribution is 6.32. The summed E-state index contributed by atoms with van der Waals surface area (Å²) >= 11 is 0. The minimum absolute atomic E-state index is 0. The van der Waals surface area contributed by atoms with E-state index in [1.165, 1.54) is 85.2 Å². The van der Waals surface area contributed by atoms with Crippen molar-refractivity contribution in [3.63, 3.8) is 0 Å². The molecular formula is C110H89ClF3N15O13. The average molecular weight is 1920 g/mol. The predicted octanol–water partition coefficient (Wildman–Crippen LogP) is 16.9. The van der Waals surface area contributed by atoms with Gasteiger partial charge in [-0.05, 0) is 130 Å². The van der Waals surface area contributed by atoms with Gasteiger partial charge in [-0.1, -0.05) is 194 Å². The molecule has 8 amide bonds. The fraction of sp³-hybridized carbons (Fsp3) is 0.155. The van der Waals surface area contributed by atoms with Gasteiger partial charge in [-0.2, -0.15) is 0 Å². The number of halogens is 4. The zero-order chi connectivity index (χ0) is 97.3. The molecule has 6 aliphatic heterocycles. The number of nitrogens with zero attached hydrogens (tertiary/aromatic N) is 14. The second kappa shape index (κ2) is 42.3. The molecule has 12 heterocycles. The Morgan fingerprint density at radius 2 is 0.599 bits per heavy atom. The van der Waals surface area contributed by atoms with Crippen LogP contribution in [0.1, 0.15) is 144 Å². The Kier molecular flexibility index (Phi) is 28.2. The van der Waals surface area contributed by atoms with E-state index >= 15 is 0 Å². The number of carboxylic acids is 1. The van der Waals surface area contributed by atoms with Crippen LogP contribution in [0.4, 0.5) is 30.6 Å². The standard InChI is InChI=1S/C41H32FN5O4.C32H21FN2O5.C28H22FN5O4.C9H13N3.ClH/c42-30-18-16-27(17-19-30)26-47-40(49)34-33(39(48)46-24-22-45(23-25-46)32-15-7-8-20-43-32)31-14-9-21-44-36(31)38(35(34)41(47)50)51-37(28-10-3-1-4-11-28)29-12-5-2-6-13-29;33-22-15-13-19(14-16-22)18-35-30(36)25-24(32(38)39)23-12-7-17-34-27(23)29(26(25)31(35)37)40-28(20-8-3-1-4-9-20)21-10-5-2-6-11-21;29-18-8-6-17(7-9-18)16-34-27(37)22-21(19-4-3-11-31-24(19)25(35)23(22)28(34)38)26(36)33-14-12-32(13-15-33)20-5-1-2-10-30-20;1-2-4-11-9(3-1)12-7-5-10-6-8-12;/h1-21,37H,22-26H2;1-17,28H,18H2,(H,38,39);1-11,35H,12-16H2;1-4,10H,5-8H2;1H. The van der Waals surface area contributed by atoms with Crippen molar-refractivity contribution in [3.05, 3.63) is 429 Å². The fourth-order valence-electron chi connectivity index (χ4n) is 18.4. The van der Waals surface area contributed by atoms with E-state index < -0.39 is 82.7 Å². The number of aromatic hydroxyl groups is 1. The number of fused-ring (bicyclic) bond motifs is 6. The highest BCUT2D eigenvalue weighted by Crippen LogP contribution is 2.48. The number of aromatic carboxylic acids is 1. The summed E-state index contributed by atoms with van der Waals surface area (Å²) in [5.74, 6) is -5.18. The van der Waals surface area contributed by atoms with E-state index in [-0.39, 0.29) is 116 Å². The lowest BCUT2D eigenvalue weighted by Crippen LogP contribution is -2.49. The van der Waals surface area contributed by atoms with E-state index in [1.54, 1.807) is 64.8 Å². The summed E-state index contributed by atoms with van der Waals surface area (Å²) in [6.45, 7) is 7.55. The number of phenols is 1. The molecule has 32 heteroatoms. The minimum Gasteiger partial charge on any atom is -0.505 e. The van der Waals surface area contributed by atoms with Gasteiger partial charge in [0.1, 0.15) is 63.7 Å². The highest BCUT2D eigenvalue weighted by atomic mass is 35.5. The molecule has 6 aliphatic rings. The Hall–Kier alpha value is -17.5. The first-order chi connectivity index (χ1) is 68.8. The number of anilines is 3. The Morgan fingerprint density at radius 3 is 0.930 bits per heavy atom. The van der Waals surface area contributed by atoms with Crippen LogP contribution in [0.3, 0.4) is 0 Å². The molecule has 710 valence electrons. The third-order valence-electron chi connectivity index (χ3n) is 25.3. The molecule has 0 saturated carbocycles. The van der Waals surface area contributed by atoms with Gasteiger partial charge in [0.05, 0.1) is 69.7 Å². The largest absolute Gasteiger partial charge is 0.505 e. The van der Waals surface area contributed by atoms with E-state index in [1.807, 2.05) is 176 Å². The molecule has 0 unspecified atom stereocenters. The first-order valence-electron chi connectivity index (χ1n) is 45.7. The summed E-state index contributed by atoms with van der Waals surface area (Å²) in [4.78, 5) is 164. The van der Waals surface area contributed by atoms with Gasteiger partial charge in [-0.15, -0.1) is 12.4 Å². The first kappa shape index (κ1) is 94.9. The summed E-state index contributed by atoms with van der Waals surface area (Å²) in [7, 11) is 0. The van der Waals surface area contributed by atoms with E-state index in [0.29, 0.717) is 85.3 Å². The molecule has 3 fully saturated rings. The maximum Gasteiger partial charge on any atom is 0.337 e. The number of carbonyl (C=O) groups is 9. The first-order valence-corrected chi connectivity index (χ1v) is 45.7. The zero-order valence-corrected chi connectivity index (χ0v) is 76.9. The highest BCUT2D eigenvalue weighted by Gasteiger charge is 2.49. The molecule has 22 rings (SSSR count). The lowest BCUT2D eigenvalue weighted by molar-refractivity contribution is 0.0621. The maximum absolute atomic E-state index is 14.6. The summed E-state index contributed by atoms with van der Waals surface area (Å²) in [6.07, 6.45) is 8.44. The number of amides is 8. The number of phenolic OH excluding ortho intramolecular Hbond substituents is 1. The van der Waals surface area contributed by atoms with Gasteiger partial charge in [0.15, 0.2) is 17.2 Å². The number of ether oxygens (including phenoxy) is 2. The molecular weight excluding hydrogens is 1830 g/mol. The van der Waals surface area contributed by atoms with Gasteiger partial charge in [0.25, 0.3) is 47.3 Å². The van der Waals surface area contributed by atoms with Crippen molar-refractivity contribution in [2.45, 2.75) is 31.8 Å². The Balaban J connectivity index is 0.000000133. The third-order valence-corrected chi connectivity index (χ3v) is 25.3. The average Bonchev–Trinajstić information content (AvgIpc) is 1.57. The van der Waals surface area contributed by atoms with Crippen molar-refractivity contribution >= 4 is 116 Å². The molecule has 16 aromatic rings. The Bertz CT molecular complexity index is 7360. The van der Waals surface area contributed by atoms with Crippen LogP contribution in [-0.4, -0.2) is 196 Å². The van der Waals surface area contributed by atoms with Crippen LogP contribution in [0.5, 0.6) is 17.2 Å². The fourth-order valence-corrected chi connectivity index (χ4v) is 18.4. The quantitative estimate of drug-likeness (QED) is 0.0597. The van der Waals surface area contributed by atoms with Gasteiger partial charge in [-0.25, -0.2) is 32.9 Å². The smallest absolute Gasteiger partial charge is 0.337 e. The van der Waals surface area contributed by atoms with Crippen LogP contribution in [0.15, 0.2) is 322 Å². The monoisotopic (exact) mass is 1920 g/mol. The molecule has 0 radical (unpaired) electrons. The maximum atomic E-state index is 14.6. The van der Waals surface area contributed by atoms with E-state index in [4.69, 9.17) is 9.47 Å². The Labute approximate surface area is 817 Å². The van der Waals surface area contributed by atoms with Gasteiger partial charge in [-0.3, -0.25) is 68.0 Å². The molecule has 0 atom stereocenters. The van der Waals surface area contributed by atoms with Crippen LogP contribution in [0.2, 0.25) is 0 Å². The molecule has 0 spiro atoms. The van der Waals surface area contributed by atoms with Crippen LogP contribution < -0.4 is 29.5 Å². The number of benzene rings is 10. The number of rotatable bonds is 20. The second-order valence-electron chi connectivity index (χ2n) is 33.9. The van der Waals surface area contributed by atoms with E-state index in [9.17, 15) is 66.5 Å². The number of hydrogen-bond donors (Lipinski definition) is 3. The minimum atomic E-state index is -1.37. The second-order valence-corrected chi connectivity index (χ2v) is 33.9. The van der Waals surface area contributed by atoms with Gasteiger partial charge >= 0.3 is 5.97 Å². The van der Waals surface area contributed by atoms with E-state index in [2.05, 4.69) is 56.0 Å². The Morgan fingerprint density at radius 1 is 0.317 bits per heavy atom. The number of pyridine rings is 6. The van der Waals surface area contributed by atoms with Crippen LogP contribution in [0.25, 0.3) is 32.7 Å². The summed E-state index contributed by atoms with van der Waals surface area (Å²) in [5, 5.41) is 25.4. The van der Waals surface area contributed by atoms with Crippen molar-refractivity contribution in [2.75, 3.05) is 93.2 Å². The summed E-state index contributed by atoms with van der Waals surface area (Å²) in [6, 6.07) is 81.5. The van der Waals surface area contributed by atoms with Crippen molar-refractivity contribution in [1.29, 1.82) is 0 Å². The number of carboxylic acid groups (broad SMARTS) is 1. The third kappa shape index (κ3) is 19.4. The van der Waals surface area contributed by atoms with Gasteiger partial charge in [0.2, 0.25) is 0 Å². The molecule has 142 heavy (non-hydrogen) atoms. The van der Waals surface area contributed by atoms with Gasteiger partial charge < -0.3 is 49.5 Å². The van der Waals surface area contributed by atoms with E-state index in [0.717, 1.165) is 80.6 Å². The normalized spacial score (nSPS) is 14.3.